The van der Waals surface area contributed by atoms with Crippen molar-refractivity contribution in [3.63, 3.8) is 0 Å². The van der Waals surface area contributed by atoms with Crippen molar-refractivity contribution in [3.8, 4) is 0 Å². The highest BCUT2D eigenvalue weighted by Crippen LogP contribution is 2.34. The number of nitrogens with zero attached hydrogens (tertiary/aromatic N) is 1. The molecule has 0 unspecified atom stereocenters. The van der Waals surface area contributed by atoms with Gasteiger partial charge in [-0.3, -0.25) is 14.5 Å². The number of carbonyl (C=O) groups is 2. The number of amides is 2. The molecule has 1 saturated heterocycles. The van der Waals surface area contributed by atoms with Gasteiger partial charge in [-0.15, -0.1) is 0 Å². The Morgan fingerprint density at radius 1 is 1.00 bits per heavy atom. The van der Waals surface area contributed by atoms with Crippen LogP contribution in [-0.4, -0.2) is 11.8 Å². The Bertz CT molecular complexity index is 798. The van der Waals surface area contributed by atoms with Crippen molar-refractivity contribution < 1.29 is 9.59 Å². The zero-order chi connectivity index (χ0) is 17.4. The third-order valence-electron chi connectivity index (χ3n) is 4.74. The van der Waals surface area contributed by atoms with Crippen molar-refractivity contribution in [1.82, 2.24) is 0 Å². The predicted octanol–water partition coefficient (Wildman–Crippen LogP) is 4.43. The minimum absolute atomic E-state index is 0.108. The first-order valence-corrected chi connectivity index (χ1v) is 8.87. The number of benzene rings is 2. The van der Waals surface area contributed by atoms with Crippen molar-refractivity contribution in [2.75, 3.05) is 4.90 Å². The summed E-state index contributed by atoms with van der Waals surface area (Å²) in [5.74, 6) is -0.837. The molecular formula is C20H20BrNO2. The molecule has 0 saturated carbocycles. The quantitative estimate of drug-likeness (QED) is 0.732. The third kappa shape index (κ3) is 3.03. The van der Waals surface area contributed by atoms with Crippen LogP contribution in [-0.2, 0) is 16.0 Å². The van der Waals surface area contributed by atoms with Crippen LogP contribution in [0.3, 0.4) is 0 Å². The molecule has 1 heterocycles. The average Bonchev–Trinajstić information content (AvgIpc) is 2.76. The Balaban J connectivity index is 1.88. The van der Waals surface area contributed by atoms with Crippen LogP contribution in [0, 0.1) is 25.7 Å². The lowest BCUT2D eigenvalue weighted by atomic mass is 9.90. The van der Waals surface area contributed by atoms with Crippen LogP contribution in [0.1, 0.15) is 23.6 Å². The lowest BCUT2D eigenvalue weighted by Gasteiger charge is -2.16. The van der Waals surface area contributed by atoms with Gasteiger partial charge in [0.1, 0.15) is 0 Å². The fraction of sp³-hybridized carbons (Fsp3) is 0.300. The van der Waals surface area contributed by atoms with Crippen molar-refractivity contribution in [2.24, 2.45) is 11.8 Å². The topological polar surface area (TPSA) is 37.4 Å². The number of hydrogen-bond donors (Lipinski definition) is 0. The van der Waals surface area contributed by atoms with E-state index in [1.54, 1.807) is 0 Å². The van der Waals surface area contributed by atoms with Crippen LogP contribution in [0.2, 0.25) is 0 Å². The molecule has 3 nitrogen and oxygen atoms in total. The Kier molecular flexibility index (Phi) is 4.59. The van der Waals surface area contributed by atoms with Gasteiger partial charge >= 0.3 is 0 Å². The second-order valence-corrected chi connectivity index (χ2v) is 7.38. The molecule has 124 valence electrons. The molecular weight excluding hydrogens is 366 g/mol. The van der Waals surface area contributed by atoms with Gasteiger partial charge in [0.15, 0.2) is 0 Å². The second kappa shape index (κ2) is 6.52. The van der Waals surface area contributed by atoms with Crippen molar-refractivity contribution >= 4 is 33.4 Å². The predicted molar refractivity (Wildman–Crippen MR) is 98.9 cm³/mol. The lowest BCUT2D eigenvalue weighted by Crippen LogP contribution is -2.31. The number of halogens is 1. The first-order valence-electron chi connectivity index (χ1n) is 8.08. The molecule has 2 aromatic rings. The Morgan fingerprint density at radius 2 is 1.67 bits per heavy atom. The molecule has 24 heavy (non-hydrogen) atoms. The van der Waals surface area contributed by atoms with E-state index in [1.807, 2.05) is 63.2 Å². The zero-order valence-electron chi connectivity index (χ0n) is 14.0. The summed E-state index contributed by atoms with van der Waals surface area (Å²) in [5.41, 5.74) is 3.99. The summed E-state index contributed by atoms with van der Waals surface area (Å²) in [5, 5.41) is 0. The van der Waals surface area contributed by atoms with Gasteiger partial charge in [-0.2, -0.15) is 0 Å². The van der Waals surface area contributed by atoms with E-state index in [2.05, 4.69) is 15.9 Å². The van der Waals surface area contributed by atoms with Crippen LogP contribution in [0.5, 0.6) is 0 Å². The summed E-state index contributed by atoms with van der Waals surface area (Å²) >= 11 is 3.47. The molecule has 2 atom stereocenters. The normalized spacial score (nSPS) is 20.8. The van der Waals surface area contributed by atoms with Crippen LogP contribution >= 0.6 is 15.9 Å². The van der Waals surface area contributed by atoms with E-state index >= 15 is 0 Å². The van der Waals surface area contributed by atoms with Crippen molar-refractivity contribution in [3.05, 3.63) is 63.6 Å². The fourth-order valence-electron chi connectivity index (χ4n) is 3.08. The highest BCUT2D eigenvalue weighted by molar-refractivity contribution is 9.10. The third-order valence-corrected chi connectivity index (χ3v) is 5.60. The summed E-state index contributed by atoms with van der Waals surface area (Å²) in [7, 11) is 0. The lowest BCUT2D eigenvalue weighted by molar-refractivity contribution is -0.122. The number of rotatable bonds is 3. The van der Waals surface area contributed by atoms with Gasteiger partial charge < -0.3 is 0 Å². The van der Waals surface area contributed by atoms with E-state index in [9.17, 15) is 9.59 Å². The molecule has 0 spiro atoms. The summed E-state index contributed by atoms with van der Waals surface area (Å²) in [4.78, 5) is 26.9. The highest BCUT2D eigenvalue weighted by atomic mass is 79.9. The summed E-state index contributed by atoms with van der Waals surface area (Å²) in [6.45, 7) is 5.86. The fourth-order valence-corrected chi connectivity index (χ4v) is 3.45. The number of carbonyl (C=O) groups excluding carboxylic acids is 2. The standard InChI is InChI=1S/C20H20BrNO2/c1-12-4-7-15(8-5-12)10-17-14(3)19(23)22(20(17)24)16-9-6-13(2)18(21)11-16/h4-9,11,14,17H,10H2,1-3H3/t14-,17+/m0/s1. The van der Waals surface area contributed by atoms with Gasteiger partial charge in [0.2, 0.25) is 11.8 Å². The number of hydrogen-bond acceptors (Lipinski definition) is 2. The summed E-state index contributed by atoms with van der Waals surface area (Å²) in [6, 6.07) is 13.7. The zero-order valence-corrected chi connectivity index (χ0v) is 15.6. The molecule has 0 bridgehead atoms. The maximum absolute atomic E-state index is 12.9. The molecule has 0 aliphatic carbocycles. The van der Waals surface area contributed by atoms with Crippen LogP contribution in [0.25, 0.3) is 0 Å². The molecule has 1 aliphatic heterocycles. The van der Waals surface area contributed by atoms with Crippen LogP contribution in [0.15, 0.2) is 46.9 Å². The van der Waals surface area contributed by atoms with Gasteiger partial charge in [0.25, 0.3) is 0 Å². The SMILES string of the molecule is Cc1ccc(C[C@H]2C(=O)N(c3ccc(C)c(Br)c3)C(=O)[C@H]2C)cc1. The van der Waals surface area contributed by atoms with Crippen molar-refractivity contribution in [1.29, 1.82) is 0 Å². The Labute approximate surface area is 150 Å². The first kappa shape index (κ1) is 16.9. The molecule has 1 aliphatic rings. The smallest absolute Gasteiger partial charge is 0.238 e. The van der Waals surface area contributed by atoms with Crippen molar-refractivity contribution in [2.45, 2.75) is 27.2 Å². The van der Waals surface area contributed by atoms with Gasteiger partial charge in [-0.05, 0) is 43.5 Å². The second-order valence-electron chi connectivity index (χ2n) is 6.53. The maximum atomic E-state index is 12.9. The van der Waals surface area contributed by atoms with E-state index in [1.165, 1.54) is 10.5 Å². The minimum Gasteiger partial charge on any atom is -0.274 e. The molecule has 0 N–H and O–H groups in total. The highest BCUT2D eigenvalue weighted by Gasteiger charge is 2.45. The first-order chi connectivity index (χ1) is 11.4. The Morgan fingerprint density at radius 3 is 2.29 bits per heavy atom. The summed E-state index contributed by atoms with van der Waals surface area (Å²) < 4.78 is 0.898. The molecule has 1 fully saturated rings. The van der Waals surface area contributed by atoms with E-state index in [4.69, 9.17) is 0 Å². The van der Waals surface area contributed by atoms with E-state index in [0.29, 0.717) is 12.1 Å². The van der Waals surface area contributed by atoms with Crippen LogP contribution < -0.4 is 4.90 Å². The van der Waals surface area contributed by atoms with E-state index in [-0.39, 0.29) is 23.7 Å². The maximum Gasteiger partial charge on any atom is 0.238 e. The monoisotopic (exact) mass is 385 g/mol. The Hall–Kier alpha value is -1.94. The molecule has 0 aromatic heterocycles. The van der Waals surface area contributed by atoms with Gasteiger partial charge in [-0.25, -0.2) is 0 Å². The van der Waals surface area contributed by atoms with E-state index < -0.39 is 0 Å². The van der Waals surface area contributed by atoms with Gasteiger partial charge in [0, 0.05) is 10.4 Å². The van der Waals surface area contributed by atoms with E-state index in [0.717, 1.165) is 15.6 Å². The number of imide groups is 1. The number of aryl methyl sites for hydroxylation is 2. The molecule has 2 aromatic carbocycles. The average molecular weight is 386 g/mol. The van der Waals surface area contributed by atoms with Gasteiger partial charge in [-0.1, -0.05) is 58.7 Å². The largest absolute Gasteiger partial charge is 0.274 e. The molecule has 4 heteroatoms. The van der Waals surface area contributed by atoms with Gasteiger partial charge in [0.05, 0.1) is 11.6 Å². The van der Waals surface area contributed by atoms with Crippen LogP contribution in [0.4, 0.5) is 5.69 Å². The minimum atomic E-state index is -0.307. The molecule has 3 rings (SSSR count). The molecule has 2 amide bonds. The summed E-state index contributed by atoms with van der Waals surface area (Å²) in [6.07, 6.45) is 0.593. The molecule has 0 radical (unpaired) electrons. The number of anilines is 1.